The van der Waals surface area contributed by atoms with E-state index >= 15 is 4.39 Å². The zero-order chi connectivity index (χ0) is 19.8. The van der Waals surface area contributed by atoms with E-state index in [1.807, 2.05) is 52.0 Å². The maximum absolute atomic E-state index is 15.7. The van der Waals surface area contributed by atoms with Gasteiger partial charge in [-0.3, -0.25) is 4.90 Å². The predicted octanol–water partition coefficient (Wildman–Crippen LogP) is 3.04. The Labute approximate surface area is 161 Å². The number of halogens is 1. The second-order valence-electron chi connectivity index (χ2n) is 8.43. The first-order valence-corrected chi connectivity index (χ1v) is 9.49. The van der Waals surface area contributed by atoms with Crippen LogP contribution in [0.2, 0.25) is 0 Å². The Morgan fingerprint density at radius 2 is 1.96 bits per heavy atom. The molecule has 0 spiro atoms. The van der Waals surface area contributed by atoms with Gasteiger partial charge in [0.25, 0.3) is 0 Å². The van der Waals surface area contributed by atoms with Gasteiger partial charge in [-0.1, -0.05) is 12.1 Å². The van der Waals surface area contributed by atoms with Gasteiger partial charge in [0.1, 0.15) is 11.5 Å². The van der Waals surface area contributed by atoms with Gasteiger partial charge >= 0.3 is 7.12 Å². The van der Waals surface area contributed by atoms with E-state index in [4.69, 9.17) is 19.8 Å². The molecule has 0 radical (unpaired) electrons. The highest BCUT2D eigenvalue weighted by Crippen LogP contribution is 2.40. The molecule has 2 saturated heterocycles. The van der Waals surface area contributed by atoms with Crippen molar-refractivity contribution in [3.8, 4) is 5.75 Å². The molecule has 0 aromatic heterocycles. The Hall–Kier alpha value is -1.41. The molecule has 2 fully saturated rings. The van der Waals surface area contributed by atoms with Crippen molar-refractivity contribution in [2.75, 3.05) is 26.7 Å². The van der Waals surface area contributed by atoms with Gasteiger partial charge in [0.05, 0.1) is 18.3 Å². The van der Waals surface area contributed by atoms with E-state index in [0.717, 1.165) is 25.1 Å². The SMILES string of the molecule is COc1cccc(C(CN2CCC(N)C2)=C(F)B2OC(C)(C)C(C)(C)O2)c1. The first-order chi connectivity index (χ1) is 12.6. The Balaban J connectivity index is 1.96. The fraction of sp³-hybridized carbons (Fsp3) is 0.600. The lowest BCUT2D eigenvalue weighted by Gasteiger charge is -2.32. The minimum Gasteiger partial charge on any atom is -0.497 e. The van der Waals surface area contributed by atoms with Gasteiger partial charge in [-0.25, -0.2) is 4.39 Å². The molecule has 2 aliphatic rings. The molecule has 2 N–H and O–H groups in total. The summed E-state index contributed by atoms with van der Waals surface area (Å²) in [6, 6.07) is 7.58. The van der Waals surface area contributed by atoms with Gasteiger partial charge in [0.15, 0.2) is 0 Å². The van der Waals surface area contributed by atoms with Gasteiger partial charge in [0, 0.05) is 31.2 Å². The van der Waals surface area contributed by atoms with E-state index in [1.165, 1.54) is 0 Å². The number of hydrogen-bond acceptors (Lipinski definition) is 5. The predicted molar refractivity (Wildman–Crippen MR) is 106 cm³/mol. The third kappa shape index (κ3) is 4.21. The summed E-state index contributed by atoms with van der Waals surface area (Å²) in [5, 5.41) is 0. The van der Waals surface area contributed by atoms with Crippen molar-refractivity contribution in [1.29, 1.82) is 0 Å². The fourth-order valence-electron chi connectivity index (χ4n) is 3.43. The lowest BCUT2D eigenvalue weighted by atomic mass is 9.82. The molecule has 0 amide bonds. The Morgan fingerprint density at radius 3 is 2.52 bits per heavy atom. The highest BCUT2D eigenvalue weighted by Gasteiger charge is 2.53. The van der Waals surface area contributed by atoms with Crippen LogP contribution in [-0.2, 0) is 9.31 Å². The van der Waals surface area contributed by atoms with E-state index in [2.05, 4.69) is 4.90 Å². The van der Waals surface area contributed by atoms with Gasteiger partial charge < -0.3 is 19.8 Å². The average molecular weight is 376 g/mol. The summed E-state index contributed by atoms with van der Waals surface area (Å²) in [6.45, 7) is 9.75. The number of nitrogens with two attached hydrogens (primary N) is 1. The quantitative estimate of drug-likeness (QED) is 0.801. The normalized spacial score (nSPS) is 25.6. The molecule has 1 atom stereocenters. The van der Waals surface area contributed by atoms with Crippen LogP contribution in [0.5, 0.6) is 5.75 Å². The molecule has 3 rings (SSSR count). The van der Waals surface area contributed by atoms with E-state index < -0.39 is 18.3 Å². The first-order valence-electron chi connectivity index (χ1n) is 9.49. The van der Waals surface area contributed by atoms with Crippen molar-refractivity contribution in [1.82, 2.24) is 4.90 Å². The minimum atomic E-state index is -1.02. The lowest BCUT2D eigenvalue weighted by Crippen LogP contribution is -2.41. The van der Waals surface area contributed by atoms with E-state index in [1.54, 1.807) is 7.11 Å². The van der Waals surface area contributed by atoms with Crippen molar-refractivity contribution in [2.45, 2.75) is 51.4 Å². The molecule has 5 nitrogen and oxygen atoms in total. The maximum Gasteiger partial charge on any atom is 0.525 e. The van der Waals surface area contributed by atoms with Crippen LogP contribution in [0.1, 0.15) is 39.7 Å². The van der Waals surface area contributed by atoms with Crippen molar-refractivity contribution in [2.24, 2.45) is 5.73 Å². The van der Waals surface area contributed by atoms with Crippen LogP contribution in [0, 0.1) is 0 Å². The van der Waals surface area contributed by atoms with Crippen molar-refractivity contribution in [3.05, 3.63) is 35.6 Å². The van der Waals surface area contributed by atoms with E-state index in [9.17, 15) is 0 Å². The molecule has 1 unspecified atom stereocenters. The minimum absolute atomic E-state index is 0.136. The van der Waals surface area contributed by atoms with Gasteiger partial charge in [-0.05, 0) is 51.8 Å². The number of hydrogen-bond donors (Lipinski definition) is 1. The molecular weight excluding hydrogens is 346 g/mol. The number of methoxy groups -OCH3 is 1. The van der Waals surface area contributed by atoms with Crippen molar-refractivity contribution in [3.63, 3.8) is 0 Å². The number of rotatable bonds is 5. The Morgan fingerprint density at radius 1 is 1.30 bits per heavy atom. The standard InChI is InChI=1S/C20H30BFN2O3/c1-19(2)20(3,4)27-21(26-19)18(22)17(13-24-10-9-15(23)12-24)14-7-6-8-16(11-14)25-5/h6-8,11,15H,9-10,12-13,23H2,1-5H3. The topological polar surface area (TPSA) is 57.0 Å². The van der Waals surface area contributed by atoms with E-state index in [0.29, 0.717) is 17.9 Å². The van der Waals surface area contributed by atoms with Crippen LogP contribution in [0.4, 0.5) is 4.39 Å². The summed E-state index contributed by atoms with van der Waals surface area (Å²) in [6.07, 6.45) is 0.920. The molecule has 0 aliphatic carbocycles. The number of benzene rings is 1. The summed E-state index contributed by atoms with van der Waals surface area (Å²) in [7, 11) is 0.583. The van der Waals surface area contributed by atoms with Crippen LogP contribution in [-0.4, -0.2) is 56.0 Å². The third-order valence-electron chi connectivity index (χ3n) is 5.86. The molecule has 1 aromatic rings. The smallest absolute Gasteiger partial charge is 0.497 e. The van der Waals surface area contributed by atoms with Gasteiger partial charge in [-0.2, -0.15) is 0 Å². The van der Waals surface area contributed by atoms with E-state index in [-0.39, 0.29) is 11.8 Å². The summed E-state index contributed by atoms with van der Waals surface area (Å²) in [5.74, 6) is 0.685. The monoisotopic (exact) mass is 376 g/mol. The lowest BCUT2D eigenvalue weighted by molar-refractivity contribution is 0.00578. The van der Waals surface area contributed by atoms with Crippen LogP contribution in [0.25, 0.3) is 5.57 Å². The maximum atomic E-state index is 15.7. The summed E-state index contributed by atoms with van der Waals surface area (Å²) >= 11 is 0. The van der Waals surface area contributed by atoms with Crippen LogP contribution >= 0.6 is 0 Å². The molecule has 1 aromatic carbocycles. The summed E-state index contributed by atoms with van der Waals surface area (Å²) in [5.41, 5.74) is 5.78. The Bertz CT molecular complexity index is 707. The molecule has 7 heteroatoms. The van der Waals surface area contributed by atoms with Gasteiger partial charge in [-0.15, -0.1) is 0 Å². The summed E-state index contributed by atoms with van der Waals surface area (Å²) in [4.78, 5) is 2.17. The first kappa shape index (κ1) is 20.3. The van der Waals surface area contributed by atoms with Crippen LogP contribution < -0.4 is 10.5 Å². The van der Waals surface area contributed by atoms with Crippen molar-refractivity contribution >= 4 is 12.7 Å². The zero-order valence-electron chi connectivity index (χ0n) is 16.9. The number of ether oxygens (including phenoxy) is 1. The molecular formula is C20H30BFN2O3. The molecule has 0 saturated carbocycles. The third-order valence-corrected chi connectivity index (χ3v) is 5.86. The molecule has 27 heavy (non-hydrogen) atoms. The van der Waals surface area contributed by atoms with Crippen LogP contribution in [0.3, 0.4) is 0 Å². The second kappa shape index (κ2) is 7.55. The van der Waals surface area contributed by atoms with Gasteiger partial charge in [0.2, 0.25) is 0 Å². The molecule has 2 heterocycles. The highest BCUT2D eigenvalue weighted by atomic mass is 19.1. The molecule has 0 bridgehead atoms. The number of nitrogens with zero attached hydrogens (tertiary/aromatic N) is 1. The molecule has 2 aliphatic heterocycles. The molecule has 148 valence electrons. The Kier molecular flexibility index (Phi) is 5.68. The second-order valence-corrected chi connectivity index (χ2v) is 8.43. The van der Waals surface area contributed by atoms with Crippen LogP contribution in [0.15, 0.2) is 30.0 Å². The zero-order valence-corrected chi connectivity index (χ0v) is 16.9. The number of likely N-dealkylation sites (tertiary alicyclic amines) is 1. The largest absolute Gasteiger partial charge is 0.525 e. The highest BCUT2D eigenvalue weighted by molar-refractivity contribution is 6.55. The fourth-order valence-corrected chi connectivity index (χ4v) is 3.43. The average Bonchev–Trinajstić information content (AvgIpc) is 3.12. The summed E-state index contributed by atoms with van der Waals surface area (Å²) < 4.78 is 32.9. The van der Waals surface area contributed by atoms with Crippen molar-refractivity contribution < 1.29 is 18.4 Å².